The number of aromatic nitrogens is 1. The Bertz CT molecular complexity index is 544. The third kappa shape index (κ3) is 0.912. The smallest absolute Gasteiger partial charge is 0.144 e. The van der Waals surface area contributed by atoms with Gasteiger partial charge in [0, 0.05) is 12.4 Å². The van der Waals surface area contributed by atoms with E-state index in [2.05, 4.69) is 6.07 Å². The van der Waals surface area contributed by atoms with Gasteiger partial charge < -0.3 is 10.3 Å². The van der Waals surface area contributed by atoms with Crippen LogP contribution in [0.5, 0.6) is 0 Å². The standard InChI is InChI=1S/C11H11N3/c1-7-4-3-5-8-10(13)9(6-12)14(2)11(7)8/h3-5H,13H2,1-2H3. The van der Waals surface area contributed by atoms with Gasteiger partial charge in [0.05, 0.1) is 11.2 Å². The summed E-state index contributed by atoms with van der Waals surface area (Å²) in [6, 6.07) is 8.03. The molecule has 0 aliphatic heterocycles. The third-order valence-corrected chi connectivity index (χ3v) is 2.56. The molecule has 0 amide bonds. The Morgan fingerprint density at radius 2 is 2.14 bits per heavy atom. The maximum atomic E-state index is 8.94. The summed E-state index contributed by atoms with van der Waals surface area (Å²) in [6.45, 7) is 2.02. The van der Waals surface area contributed by atoms with Crippen molar-refractivity contribution >= 4 is 16.6 Å². The molecule has 0 spiro atoms. The highest BCUT2D eigenvalue weighted by Crippen LogP contribution is 2.28. The number of nitriles is 1. The zero-order valence-electron chi connectivity index (χ0n) is 8.20. The van der Waals surface area contributed by atoms with Crippen molar-refractivity contribution < 1.29 is 0 Å². The van der Waals surface area contributed by atoms with E-state index in [1.807, 2.05) is 36.7 Å². The second-order valence-electron chi connectivity index (χ2n) is 3.40. The predicted molar refractivity (Wildman–Crippen MR) is 56.8 cm³/mol. The molecular formula is C11H11N3. The number of benzene rings is 1. The molecule has 0 bridgehead atoms. The van der Waals surface area contributed by atoms with Crippen molar-refractivity contribution in [3.05, 3.63) is 29.5 Å². The molecule has 0 saturated heterocycles. The van der Waals surface area contributed by atoms with Crippen LogP contribution in [0.25, 0.3) is 10.9 Å². The minimum absolute atomic E-state index is 0.536. The minimum Gasteiger partial charge on any atom is -0.396 e. The SMILES string of the molecule is Cc1cccc2c(N)c(C#N)n(C)c12. The summed E-state index contributed by atoms with van der Waals surface area (Å²) >= 11 is 0. The summed E-state index contributed by atoms with van der Waals surface area (Å²) in [5, 5.41) is 9.90. The van der Waals surface area contributed by atoms with Crippen LogP contribution in [0.4, 0.5) is 5.69 Å². The number of hydrogen-bond donors (Lipinski definition) is 1. The van der Waals surface area contributed by atoms with Crippen LogP contribution in [0.15, 0.2) is 18.2 Å². The lowest BCUT2D eigenvalue weighted by Gasteiger charge is -1.99. The number of aryl methyl sites for hydroxylation is 2. The molecule has 2 aromatic rings. The second-order valence-corrected chi connectivity index (χ2v) is 3.40. The highest BCUT2D eigenvalue weighted by atomic mass is 15.0. The van der Waals surface area contributed by atoms with E-state index in [1.54, 1.807) is 0 Å². The number of para-hydroxylation sites is 1. The van der Waals surface area contributed by atoms with Crippen LogP contribution in [0.1, 0.15) is 11.3 Å². The number of fused-ring (bicyclic) bond motifs is 1. The number of hydrogen-bond acceptors (Lipinski definition) is 2. The van der Waals surface area contributed by atoms with Crippen LogP contribution in [0.2, 0.25) is 0 Å². The molecule has 3 heteroatoms. The zero-order valence-corrected chi connectivity index (χ0v) is 8.20. The average molecular weight is 185 g/mol. The Morgan fingerprint density at radius 3 is 2.71 bits per heavy atom. The maximum Gasteiger partial charge on any atom is 0.144 e. The van der Waals surface area contributed by atoms with Gasteiger partial charge in [-0.15, -0.1) is 0 Å². The van der Waals surface area contributed by atoms with Gasteiger partial charge in [-0.3, -0.25) is 0 Å². The molecule has 1 heterocycles. The first-order chi connectivity index (χ1) is 6.66. The normalized spacial score (nSPS) is 10.4. The Hall–Kier alpha value is -1.95. The van der Waals surface area contributed by atoms with E-state index in [9.17, 15) is 0 Å². The van der Waals surface area contributed by atoms with Crippen molar-refractivity contribution in [2.24, 2.45) is 7.05 Å². The highest BCUT2D eigenvalue weighted by Gasteiger charge is 2.12. The van der Waals surface area contributed by atoms with Gasteiger partial charge in [0.15, 0.2) is 0 Å². The van der Waals surface area contributed by atoms with Crippen molar-refractivity contribution in [3.63, 3.8) is 0 Å². The van der Waals surface area contributed by atoms with Crippen molar-refractivity contribution in [1.29, 1.82) is 5.26 Å². The zero-order chi connectivity index (χ0) is 10.3. The molecule has 70 valence electrons. The molecule has 0 atom stereocenters. The molecule has 2 N–H and O–H groups in total. The van der Waals surface area contributed by atoms with Crippen LogP contribution in [0.3, 0.4) is 0 Å². The summed E-state index contributed by atoms with van der Waals surface area (Å²) in [5.74, 6) is 0. The molecule has 0 saturated carbocycles. The van der Waals surface area contributed by atoms with Gasteiger partial charge in [-0.25, -0.2) is 0 Å². The molecule has 2 rings (SSSR count). The van der Waals surface area contributed by atoms with Crippen LogP contribution in [0, 0.1) is 18.3 Å². The molecule has 0 radical (unpaired) electrons. The van der Waals surface area contributed by atoms with Gasteiger partial charge in [-0.1, -0.05) is 18.2 Å². The first kappa shape index (κ1) is 8.64. The molecule has 3 nitrogen and oxygen atoms in total. The Labute approximate surface area is 82.4 Å². The van der Waals surface area contributed by atoms with Gasteiger partial charge >= 0.3 is 0 Å². The summed E-state index contributed by atoms with van der Waals surface area (Å²) in [7, 11) is 1.87. The Balaban J connectivity index is 3.04. The lowest BCUT2D eigenvalue weighted by molar-refractivity contribution is 0.944. The Kier molecular flexibility index (Phi) is 1.71. The number of rotatable bonds is 0. The van der Waals surface area contributed by atoms with Crippen molar-refractivity contribution in [3.8, 4) is 6.07 Å². The molecular weight excluding hydrogens is 174 g/mol. The van der Waals surface area contributed by atoms with Crippen LogP contribution in [-0.4, -0.2) is 4.57 Å². The van der Waals surface area contributed by atoms with E-state index >= 15 is 0 Å². The number of nitrogens with two attached hydrogens (primary N) is 1. The van der Waals surface area contributed by atoms with Gasteiger partial charge in [0.2, 0.25) is 0 Å². The van der Waals surface area contributed by atoms with Gasteiger partial charge in [0.1, 0.15) is 11.8 Å². The van der Waals surface area contributed by atoms with Crippen molar-refractivity contribution in [2.75, 3.05) is 5.73 Å². The third-order valence-electron chi connectivity index (χ3n) is 2.56. The largest absolute Gasteiger partial charge is 0.396 e. The topological polar surface area (TPSA) is 54.7 Å². The monoisotopic (exact) mass is 185 g/mol. The van der Waals surface area contributed by atoms with Crippen molar-refractivity contribution in [2.45, 2.75) is 6.92 Å². The minimum atomic E-state index is 0.536. The molecule has 0 fully saturated rings. The van der Waals surface area contributed by atoms with E-state index < -0.39 is 0 Å². The summed E-state index contributed by atoms with van der Waals surface area (Å²) in [4.78, 5) is 0. The fourth-order valence-corrected chi connectivity index (χ4v) is 1.88. The van der Waals surface area contributed by atoms with Gasteiger partial charge in [-0.2, -0.15) is 5.26 Å². The van der Waals surface area contributed by atoms with Crippen LogP contribution < -0.4 is 5.73 Å². The lowest BCUT2D eigenvalue weighted by Crippen LogP contribution is -1.94. The van der Waals surface area contributed by atoms with E-state index in [1.165, 1.54) is 0 Å². The van der Waals surface area contributed by atoms with E-state index in [0.717, 1.165) is 16.5 Å². The molecule has 1 aromatic carbocycles. The highest BCUT2D eigenvalue weighted by molar-refractivity contribution is 5.96. The number of nitrogens with zero attached hydrogens (tertiary/aromatic N) is 2. The molecule has 0 aliphatic rings. The predicted octanol–water partition coefficient (Wildman–Crippen LogP) is 1.94. The first-order valence-electron chi connectivity index (χ1n) is 4.40. The number of anilines is 1. The van der Waals surface area contributed by atoms with Crippen LogP contribution in [-0.2, 0) is 7.05 Å². The summed E-state index contributed by atoms with van der Waals surface area (Å²) in [5.41, 5.74) is 9.17. The summed E-state index contributed by atoms with van der Waals surface area (Å²) in [6.07, 6.45) is 0. The van der Waals surface area contributed by atoms with Crippen LogP contribution >= 0.6 is 0 Å². The lowest BCUT2D eigenvalue weighted by atomic mass is 10.1. The fraction of sp³-hybridized carbons (Fsp3) is 0.182. The van der Waals surface area contributed by atoms with E-state index in [4.69, 9.17) is 11.0 Å². The Morgan fingerprint density at radius 1 is 1.43 bits per heavy atom. The van der Waals surface area contributed by atoms with Gasteiger partial charge in [-0.05, 0) is 12.5 Å². The van der Waals surface area contributed by atoms with E-state index in [0.29, 0.717) is 11.4 Å². The number of nitrogen functional groups attached to an aromatic ring is 1. The quantitative estimate of drug-likeness (QED) is 0.681. The average Bonchev–Trinajstić information content (AvgIpc) is 2.41. The fourth-order valence-electron chi connectivity index (χ4n) is 1.88. The second kappa shape index (κ2) is 2.78. The van der Waals surface area contributed by atoms with E-state index in [-0.39, 0.29) is 0 Å². The molecule has 0 aliphatic carbocycles. The first-order valence-corrected chi connectivity index (χ1v) is 4.40. The van der Waals surface area contributed by atoms with Gasteiger partial charge in [0.25, 0.3) is 0 Å². The molecule has 14 heavy (non-hydrogen) atoms. The molecule has 0 unspecified atom stereocenters. The summed E-state index contributed by atoms with van der Waals surface area (Å²) < 4.78 is 1.85. The molecule has 1 aromatic heterocycles. The maximum absolute atomic E-state index is 8.94. The van der Waals surface area contributed by atoms with Crippen molar-refractivity contribution in [1.82, 2.24) is 4.57 Å².